The third-order valence-electron chi connectivity index (χ3n) is 3.53. The zero-order valence-corrected chi connectivity index (χ0v) is 14.2. The summed E-state index contributed by atoms with van der Waals surface area (Å²) >= 11 is 1.82. The maximum absolute atomic E-state index is 4.82. The van der Waals surface area contributed by atoms with Gasteiger partial charge in [-0.3, -0.25) is 0 Å². The molecular formula is C16H30N2S. The predicted octanol–water partition coefficient (Wildman–Crippen LogP) is 4.25. The van der Waals surface area contributed by atoms with Crippen molar-refractivity contribution in [1.29, 1.82) is 0 Å². The van der Waals surface area contributed by atoms with Gasteiger partial charge >= 0.3 is 0 Å². The van der Waals surface area contributed by atoms with Crippen LogP contribution >= 0.6 is 11.3 Å². The number of thiazole rings is 1. The van der Waals surface area contributed by atoms with Crippen LogP contribution in [0.2, 0.25) is 0 Å². The Kier molecular flexibility index (Phi) is 6.48. The van der Waals surface area contributed by atoms with Gasteiger partial charge in [-0.05, 0) is 31.3 Å². The lowest BCUT2D eigenvalue weighted by atomic mass is 9.92. The van der Waals surface area contributed by atoms with Crippen molar-refractivity contribution in [1.82, 2.24) is 10.3 Å². The minimum Gasteiger partial charge on any atom is -0.316 e. The summed E-state index contributed by atoms with van der Waals surface area (Å²) in [7, 11) is 0. The molecule has 1 atom stereocenters. The van der Waals surface area contributed by atoms with Crippen molar-refractivity contribution in [3.63, 3.8) is 0 Å². The molecule has 1 N–H and O–H groups in total. The van der Waals surface area contributed by atoms with E-state index >= 15 is 0 Å². The van der Waals surface area contributed by atoms with Crippen LogP contribution < -0.4 is 5.32 Å². The average Bonchev–Trinajstić information content (AvgIpc) is 2.76. The Hall–Kier alpha value is -0.410. The second-order valence-electron chi connectivity index (χ2n) is 6.79. The molecule has 1 aromatic heterocycles. The number of hydrogen-bond acceptors (Lipinski definition) is 3. The maximum Gasteiger partial charge on any atom is 0.0931 e. The topological polar surface area (TPSA) is 24.9 Å². The lowest BCUT2D eigenvalue weighted by molar-refractivity contribution is 0.360. The highest BCUT2D eigenvalue weighted by atomic mass is 32.1. The molecule has 1 rings (SSSR count). The molecule has 1 aromatic rings. The number of hydrogen-bond donors (Lipinski definition) is 1. The summed E-state index contributed by atoms with van der Waals surface area (Å²) < 4.78 is 0. The zero-order chi connectivity index (χ0) is 14.5. The molecule has 1 unspecified atom stereocenters. The number of nitrogens with zero attached hydrogens (tertiary/aromatic N) is 1. The van der Waals surface area contributed by atoms with Gasteiger partial charge in [0.1, 0.15) is 0 Å². The van der Waals surface area contributed by atoms with Gasteiger partial charge in [-0.2, -0.15) is 0 Å². The van der Waals surface area contributed by atoms with Gasteiger partial charge in [0, 0.05) is 17.2 Å². The normalized spacial score (nSPS) is 14.1. The second-order valence-corrected chi connectivity index (χ2v) is 7.73. The number of nitrogens with one attached hydrogen (secondary N) is 1. The van der Waals surface area contributed by atoms with E-state index in [1.807, 2.05) is 11.3 Å². The van der Waals surface area contributed by atoms with Crippen LogP contribution in [0.25, 0.3) is 0 Å². The lowest BCUT2D eigenvalue weighted by Gasteiger charge is -2.20. The zero-order valence-electron chi connectivity index (χ0n) is 13.4. The Morgan fingerprint density at radius 2 is 2.00 bits per heavy atom. The van der Waals surface area contributed by atoms with Crippen molar-refractivity contribution < 1.29 is 0 Å². The molecule has 0 saturated heterocycles. The third kappa shape index (κ3) is 5.62. The molecule has 0 saturated carbocycles. The summed E-state index contributed by atoms with van der Waals surface area (Å²) in [4.78, 5) is 4.82. The summed E-state index contributed by atoms with van der Waals surface area (Å²) in [6.45, 7) is 15.8. The average molecular weight is 282 g/mol. The maximum atomic E-state index is 4.82. The van der Waals surface area contributed by atoms with E-state index < -0.39 is 0 Å². The molecule has 2 nitrogen and oxygen atoms in total. The Bertz CT molecular complexity index is 363. The van der Waals surface area contributed by atoms with Gasteiger partial charge in [0.25, 0.3) is 0 Å². The molecule has 0 spiro atoms. The van der Waals surface area contributed by atoms with Gasteiger partial charge < -0.3 is 5.32 Å². The van der Waals surface area contributed by atoms with E-state index in [9.17, 15) is 0 Å². The van der Waals surface area contributed by atoms with Crippen molar-refractivity contribution in [2.24, 2.45) is 11.8 Å². The molecule has 0 aliphatic carbocycles. The molecule has 0 bridgehead atoms. The summed E-state index contributed by atoms with van der Waals surface area (Å²) in [6, 6.07) is 0. The quantitative estimate of drug-likeness (QED) is 0.756. The van der Waals surface area contributed by atoms with Crippen molar-refractivity contribution in [3.8, 4) is 0 Å². The summed E-state index contributed by atoms with van der Waals surface area (Å²) in [5.74, 6) is 1.39. The minimum absolute atomic E-state index is 0.169. The summed E-state index contributed by atoms with van der Waals surface area (Å²) in [5.41, 5.74) is 1.40. The molecule has 1 heterocycles. The molecule has 0 aliphatic rings. The van der Waals surface area contributed by atoms with Crippen LogP contribution in [-0.4, -0.2) is 18.1 Å². The first-order chi connectivity index (χ1) is 8.84. The van der Waals surface area contributed by atoms with E-state index in [1.54, 1.807) is 0 Å². The van der Waals surface area contributed by atoms with Crippen LogP contribution in [0.1, 0.15) is 58.7 Å². The third-order valence-corrected chi connectivity index (χ3v) is 4.40. The Morgan fingerprint density at radius 1 is 1.32 bits per heavy atom. The highest BCUT2D eigenvalue weighted by Crippen LogP contribution is 2.26. The van der Waals surface area contributed by atoms with Crippen LogP contribution in [0.3, 0.4) is 0 Å². The molecule has 19 heavy (non-hydrogen) atoms. The van der Waals surface area contributed by atoms with Crippen LogP contribution in [0.15, 0.2) is 5.38 Å². The van der Waals surface area contributed by atoms with Crippen molar-refractivity contribution in [2.45, 2.75) is 59.8 Å². The van der Waals surface area contributed by atoms with E-state index in [1.165, 1.54) is 17.1 Å². The van der Waals surface area contributed by atoms with Crippen LogP contribution in [0, 0.1) is 11.8 Å². The molecular weight excluding hydrogens is 252 g/mol. The van der Waals surface area contributed by atoms with E-state index in [0.29, 0.717) is 11.8 Å². The van der Waals surface area contributed by atoms with Gasteiger partial charge in [0.2, 0.25) is 0 Å². The largest absolute Gasteiger partial charge is 0.316 e. The summed E-state index contributed by atoms with van der Waals surface area (Å²) in [6.07, 6.45) is 2.31. The van der Waals surface area contributed by atoms with Gasteiger partial charge in [-0.15, -0.1) is 11.3 Å². The van der Waals surface area contributed by atoms with Crippen LogP contribution in [0.4, 0.5) is 0 Å². The monoisotopic (exact) mass is 282 g/mol. The second kappa shape index (κ2) is 7.39. The SMILES string of the molecule is CCCNCC(Cc1nc(C(C)(C)C)cs1)C(C)C. The van der Waals surface area contributed by atoms with Gasteiger partial charge in [-0.1, -0.05) is 41.5 Å². The van der Waals surface area contributed by atoms with Gasteiger partial charge in [0.05, 0.1) is 10.7 Å². The Labute approximate surface area is 123 Å². The molecule has 3 heteroatoms. The van der Waals surface area contributed by atoms with Crippen LogP contribution in [-0.2, 0) is 11.8 Å². The molecule has 110 valence electrons. The molecule has 0 fully saturated rings. The number of aromatic nitrogens is 1. The molecule has 0 amide bonds. The smallest absolute Gasteiger partial charge is 0.0931 e. The molecule has 0 aromatic carbocycles. The van der Waals surface area contributed by atoms with Crippen molar-refractivity contribution >= 4 is 11.3 Å². The van der Waals surface area contributed by atoms with E-state index in [4.69, 9.17) is 4.98 Å². The minimum atomic E-state index is 0.169. The summed E-state index contributed by atoms with van der Waals surface area (Å²) in [5, 5.41) is 7.07. The lowest BCUT2D eigenvalue weighted by Crippen LogP contribution is -2.28. The number of rotatable bonds is 7. The fourth-order valence-corrected chi connectivity index (χ4v) is 3.10. The van der Waals surface area contributed by atoms with Crippen molar-refractivity contribution in [2.75, 3.05) is 13.1 Å². The first kappa shape index (κ1) is 16.6. The fourth-order valence-electron chi connectivity index (χ4n) is 1.98. The van der Waals surface area contributed by atoms with E-state index in [2.05, 4.69) is 52.2 Å². The molecule has 0 radical (unpaired) electrons. The Balaban J connectivity index is 2.61. The van der Waals surface area contributed by atoms with Crippen LogP contribution in [0.5, 0.6) is 0 Å². The highest BCUT2D eigenvalue weighted by molar-refractivity contribution is 7.09. The fraction of sp³-hybridized carbons (Fsp3) is 0.812. The predicted molar refractivity (Wildman–Crippen MR) is 86.0 cm³/mol. The first-order valence-corrected chi connectivity index (χ1v) is 8.38. The highest BCUT2D eigenvalue weighted by Gasteiger charge is 2.20. The van der Waals surface area contributed by atoms with E-state index in [0.717, 1.165) is 19.5 Å². The Morgan fingerprint density at radius 3 is 2.47 bits per heavy atom. The standard InChI is InChI=1S/C16H30N2S/c1-7-8-17-10-13(12(2)3)9-15-18-14(11-19-15)16(4,5)6/h11-13,17H,7-10H2,1-6H3. The molecule has 0 aliphatic heterocycles. The first-order valence-electron chi connectivity index (χ1n) is 7.50. The van der Waals surface area contributed by atoms with Gasteiger partial charge in [0.15, 0.2) is 0 Å². The van der Waals surface area contributed by atoms with Crippen molar-refractivity contribution in [3.05, 3.63) is 16.1 Å². The van der Waals surface area contributed by atoms with E-state index in [-0.39, 0.29) is 5.41 Å². The van der Waals surface area contributed by atoms with Gasteiger partial charge in [-0.25, -0.2) is 4.98 Å².